The van der Waals surface area contributed by atoms with Gasteiger partial charge in [0.15, 0.2) is 18.1 Å². The summed E-state index contributed by atoms with van der Waals surface area (Å²) in [7, 11) is 2.98. The fourth-order valence-electron chi connectivity index (χ4n) is 2.58. The number of hydrogen-bond donors (Lipinski definition) is 2. The Morgan fingerprint density at radius 2 is 1.70 bits per heavy atom. The van der Waals surface area contributed by atoms with E-state index < -0.39 is 0 Å². The first-order valence-electron chi connectivity index (χ1n) is 8.80. The fraction of sp³-hybridized carbons (Fsp3) is 0.143. The Labute approximate surface area is 182 Å². The number of carbonyl (C=O) groups excluding carboxylic acids is 2. The number of hydrogen-bond acceptors (Lipinski definition) is 6. The lowest BCUT2D eigenvalue weighted by Crippen LogP contribution is -2.20. The summed E-state index contributed by atoms with van der Waals surface area (Å²) in [6, 6.07) is 13.5. The predicted octanol–water partition coefficient (Wildman–Crippen LogP) is 4.69. The number of carbonyl (C=O) groups is 2. The van der Waals surface area contributed by atoms with Crippen molar-refractivity contribution in [3.8, 4) is 17.2 Å². The van der Waals surface area contributed by atoms with Gasteiger partial charge in [0.25, 0.3) is 11.8 Å². The summed E-state index contributed by atoms with van der Waals surface area (Å²) < 4.78 is 16.6. The monoisotopic (exact) mass is 446 g/mol. The molecule has 0 radical (unpaired) electrons. The van der Waals surface area contributed by atoms with Gasteiger partial charge in [-0.2, -0.15) is 0 Å². The van der Waals surface area contributed by atoms with Crippen molar-refractivity contribution in [2.75, 3.05) is 31.5 Å². The molecule has 30 heavy (non-hydrogen) atoms. The summed E-state index contributed by atoms with van der Waals surface area (Å²) in [6.45, 7) is -0.246. The fourth-order valence-corrected chi connectivity index (χ4v) is 3.42. The van der Waals surface area contributed by atoms with Crippen molar-refractivity contribution in [3.05, 3.63) is 63.8 Å². The van der Waals surface area contributed by atoms with Crippen LogP contribution in [0.3, 0.4) is 0 Å². The molecule has 0 atom stereocenters. The Morgan fingerprint density at radius 1 is 0.933 bits per heavy atom. The summed E-state index contributed by atoms with van der Waals surface area (Å²) in [4.78, 5) is 24.7. The van der Waals surface area contributed by atoms with Crippen molar-refractivity contribution in [2.45, 2.75) is 0 Å². The first-order chi connectivity index (χ1) is 14.5. The molecule has 3 aromatic rings. The lowest BCUT2D eigenvalue weighted by Gasteiger charge is -2.13. The van der Waals surface area contributed by atoms with E-state index in [0.717, 1.165) is 0 Å². The van der Waals surface area contributed by atoms with E-state index in [4.69, 9.17) is 25.8 Å². The molecule has 0 bridgehead atoms. The average molecular weight is 447 g/mol. The van der Waals surface area contributed by atoms with Crippen molar-refractivity contribution in [1.29, 1.82) is 0 Å². The van der Waals surface area contributed by atoms with E-state index in [9.17, 15) is 9.59 Å². The number of anilines is 2. The minimum Gasteiger partial charge on any atom is -0.495 e. The lowest BCUT2D eigenvalue weighted by atomic mass is 10.2. The highest BCUT2D eigenvalue weighted by Crippen LogP contribution is 2.31. The summed E-state index contributed by atoms with van der Waals surface area (Å²) >= 11 is 7.34. The lowest BCUT2D eigenvalue weighted by molar-refractivity contribution is -0.118. The topological polar surface area (TPSA) is 85.9 Å². The van der Waals surface area contributed by atoms with Gasteiger partial charge in [-0.3, -0.25) is 9.59 Å². The minimum absolute atomic E-state index is 0.246. The molecule has 156 valence electrons. The number of rotatable bonds is 8. The Hall–Kier alpha value is -3.23. The molecule has 0 aliphatic carbocycles. The van der Waals surface area contributed by atoms with Crippen LogP contribution in [0.1, 0.15) is 10.4 Å². The molecule has 9 heteroatoms. The third kappa shape index (κ3) is 5.22. The SMILES string of the molecule is COc1ccccc1NC(=O)COc1ccc(C(=O)Nc2ccsc2Cl)cc1OC. The maximum Gasteiger partial charge on any atom is 0.262 e. The van der Waals surface area contributed by atoms with Gasteiger partial charge in [0.05, 0.1) is 25.6 Å². The third-order valence-corrected chi connectivity index (χ3v) is 5.20. The van der Waals surface area contributed by atoms with Crippen molar-refractivity contribution in [1.82, 2.24) is 0 Å². The Bertz CT molecular complexity index is 1050. The van der Waals surface area contributed by atoms with Gasteiger partial charge in [0, 0.05) is 5.56 Å². The van der Waals surface area contributed by atoms with Crippen molar-refractivity contribution >= 4 is 46.1 Å². The molecule has 0 aliphatic heterocycles. The zero-order valence-corrected chi connectivity index (χ0v) is 17.8. The number of thiophene rings is 1. The maximum absolute atomic E-state index is 12.4. The predicted molar refractivity (Wildman–Crippen MR) is 117 cm³/mol. The van der Waals surface area contributed by atoms with E-state index in [0.29, 0.717) is 38.5 Å². The van der Waals surface area contributed by atoms with E-state index in [1.54, 1.807) is 47.8 Å². The smallest absolute Gasteiger partial charge is 0.262 e. The molecular weight excluding hydrogens is 428 g/mol. The van der Waals surface area contributed by atoms with Gasteiger partial charge in [-0.25, -0.2) is 0 Å². The van der Waals surface area contributed by atoms with Crippen LogP contribution in [0, 0.1) is 0 Å². The van der Waals surface area contributed by atoms with Crippen LogP contribution in [-0.2, 0) is 4.79 Å². The van der Waals surface area contributed by atoms with Crippen LogP contribution in [0.5, 0.6) is 17.2 Å². The van der Waals surface area contributed by atoms with Crippen LogP contribution in [0.4, 0.5) is 11.4 Å². The van der Waals surface area contributed by atoms with Crippen molar-refractivity contribution < 1.29 is 23.8 Å². The van der Waals surface area contributed by atoms with E-state index >= 15 is 0 Å². The van der Waals surface area contributed by atoms with Crippen LogP contribution < -0.4 is 24.8 Å². The molecule has 0 fully saturated rings. The Balaban J connectivity index is 1.64. The number of benzene rings is 2. The number of halogens is 1. The van der Waals surface area contributed by atoms with Crippen LogP contribution in [0.2, 0.25) is 4.34 Å². The number of ether oxygens (including phenoxy) is 3. The van der Waals surface area contributed by atoms with Crippen LogP contribution in [-0.4, -0.2) is 32.6 Å². The molecule has 0 spiro atoms. The van der Waals surface area contributed by atoms with Crippen LogP contribution >= 0.6 is 22.9 Å². The van der Waals surface area contributed by atoms with E-state index in [1.165, 1.54) is 31.6 Å². The highest BCUT2D eigenvalue weighted by Gasteiger charge is 2.15. The van der Waals surface area contributed by atoms with E-state index in [-0.39, 0.29) is 18.4 Å². The summed E-state index contributed by atoms with van der Waals surface area (Å²) in [5, 5.41) is 7.24. The number of methoxy groups -OCH3 is 2. The first kappa shape index (κ1) is 21.5. The number of amides is 2. The van der Waals surface area contributed by atoms with Crippen LogP contribution in [0.25, 0.3) is 0 Å². The molecule has 1 aromatic heterocycles. The third-order valence-electron chi connectivity index (χ3n) is 4.03. The normalized spacial score (nSPS) is 10.2. The molecule has 1 heterocycles. The summed E-state index contributed by atoms with van der Waals surface area (Å²) in [5.41, 5.74) is 1.44. The summed E-state index contributed by atoms with van der Waals surface area (Å²) in [6.07, 6.45) is 0. The molecule has 2 amide bonds. The molecule has 2 N–H and O–H groups in total. The van der Waals surface area contributed by atoms with E-state index in [1.807, 2.05) is 0 Å². The van der Waals surface area contributed by atoms with Gasteiger partial charge in [-0.05, 0) is 41.8 Å². The van der Waals surface area contributed by atoms with E-state index in [2.05, 4.69) is 10.6 Å². The zero-order chi connectivity index (χ0) is 21.5. The molecule has 3 rings (SSSR count). The van der Waals surface area contributed by atoms with Crippen molar-refractivity contribution in [3.63, 3.8) is 0 Å². The van der Waals surface area contributed by atoms with Gasteiger partial charge in [-0.15, -0.1) is 11.3 Å². The zero-order valence-electron chi connectivity index (χ0n) is 16.2. The highest BCUT2D eigenvalue weighted by molar-refractivity contribution is 7.15. The maximum atomic E-state index is 12.4. The first-order valence-corrected chi connectivity index (χ1v) is 10.1. The molecule has 0 saturated carbocycles. The molecular formula is C21H19ClN2O5S. The van der Waals surface area contributed by atoms with Gasteiger partial charge in [0.2, 0.25) is 0 Å². The number of nitrogens with one attached hydrogen (secondary N) is 2. The molecule has 0 aliphatic rings. The van der Waals surface area contributed by atoms with Gasteiger partial charge in [-0.1, -0.05) is 23.7 Å². The Morgan fingerprint density at radius 3 is 2.40 bits per heavy atom. The second-order valence-electron chi connectivity index (χ2n) is 5.96. The minimum atomic E-state index is -0.365. The van der Waals surface area contributed by atoms with Gasteiger partial charge in [0.1, 0.15) is 10.1 Å². The highest BCUT2D eigenvalue weighted by atomic mass is 35.5. The van der Waals surface area contributed by atoms with Gasteiger partial charge >= 0.3 is 0 Å². The largest absolute Gasteiger partial charge is 0.495 e. The molecule has 0 saturated heterocycles. The Kier molecular flexibility index (Phi) is 7.16. The molecule has 0 unspecified atom stereocenters. The van der Waals surface area contributed by atoms with Crippen molar-refractivity contribution in [2.24, 2.45) is 0 Å². The number of para-hydroxylation sites is 2. The van der Waals surface area contributed by atoms with Gasteiger partial charge < -0.3 is 24.8 Å². The average Bonchev–Trinajstić information content (AvgIpc) is 3.16. The van der Waals surface area contributed by atoms with Crippen LogP contribution in [0.15, 0.2) is 53.9 Å². The second-order valence-corrected chi connectivity index (χ2v) is 7.48. The standard InChI is InChI=1S/C21H19ClN2O5S/c1-27-16-6-4-3-5-14(16)23-19(25)12-29-17-8-7-13(11-18(17)28-2)21(26)24-15-9-10-30-20(15)22/h3-11H,12H2,1-2H3,(H,23,25)(H,24,26). The molecule has 7 nitrogen and oxygen atoms in total. The molecule has 2 aromatic carbocycles. The second kappa shape index (κ2) is 10.00. The quantitative estimate of drug-likeness (QED) is 0.524. The summed E-state index contributed by atoms with van der Waals surface area (Å²) in [5.74, 6) is 0.496.